The van der Waals surface area contributed by atoms with Crippen LogP contribution in [0.3, 0.4) is 0 Å². The molecule has 1 aromatic heterocycles. The van der Waals surface area contributed by atoms with Gasteiger partial charge in [-0.05, 0) is 0 Å². The van der Waals surface area contributed by atoms with Crippen molar-refractivity contribution >= 4 is 5.91 Å². The first-order chi connectivity index (χ1) is 9.90. The highest BCUT2D eigenvalue weighted by atomic mass is 19.4. The van der Waals surface area contributed by atoms with Gasteiger partial charge in [0.25, 0.3) is 0 Å². The van der Waals surface area contributed by atoms with E-state index >= 15 is 0 Å². The molecule has 0 aromatic carbocycles. The van der Waals surface area contributed by atoms with Gasteiger partial charge in [0.2, 0.25) is 5.91 Å². The number of hydrogen-bond donors (Lipinski definition) is 1. The monoisotopic (exact) mass is 305 g/mol. The predicted octanol–water partition coefficient (Wildman–Crippen LogP) is 0.00480. The van der Waals surface area contributed by atoms with Crippen molar-refractivity contribution in [2.75, 3.05) is 39.3 Å². The first-order valence-corrected chi connectivity index (χ1v) is 6.69. The van der Waals surface area contributed by atoms with E-state index in [-0.39, 0.29) is 12.5 Å². The quantitative estimate of drug-likeness (QED) is 0.850. The zero-order valence-electron chi connectivity index (χ0n) is 11.5. The maximum Gasteiger partial charge on any atom is 0.434 e. The van der Waals surface area contributed by atoms with Crippen LogP contribution in [0.1, 0.15) is 5.69 Å². The molecule has 1 aliphatic rings. The van der Waals surface area contributed by atoms with E-state index in [1.165, 1.54) is 0 Å². The Balaban J connectivity index is 1.86. The second kappa shape index (κ2) is 6.44. The Kier molecular flexibility index (Phi) is 4.84. The van der Waals surface area contributed by atoms with E-state index in [0.717, 1.165) is 36.7 Å². The molecule has 2 N–H and O–H groups in total. The number of aromatic nitrogens is 2. The first kappa shape index (κ1) is 15.8. The van der Waals surface area contributed by atoms with Crippen molar-refractivity contribution in [3.8, 4) is 0 Å². The van der Waals surface area contributed by atoms with E-state index in [4.69, 9.17) is 5.73 Å². The highest BCUT2D eigenvalue weighted by Gasteiger charge is 2.33. The van der Waals surface area contributed by atoms with E-state index in [9.17, 15) is 18.0 Å². The van der Waals surface area contributed by atoms with Gasteiger partial charge in [-0.2, -0.15) is 13.2 Å². The van der Waals surface area contributed by atoms with Gasteiger partial charge in [0.15, 0.2) is 5.69 Å². The van der Waals surface area contributed by atoms with Crippen LogP contribution in [0, 0.1) is 0 Å². The van der Waals surface area contributed by atoms with Crippen molar-refractivity contribution in [3.05, 3.63) is 18.2 Å². The van der Waals surface area contributed by atoms with Crippen molar-refractivity contribution < 1.29 is 18.0 Å². The number of nitrogens with two attached hydrogens (primary N) is 1. The summed E-state index contributed by atoms with van der Waals surface area (Å²) in [6.45, 7) is 3.85. The van der Waals surface area contributed by atoms with Gasteiger partial charge in [-0.3, -0.25) is 9.69 Å². The second-order valence-corrected chi connectivity index (χ2v) is 4.94. The lowest BCUT2D eigenvalue weighted by Gasteiger charge is -2.34. The molecule has 1 aliphatic heterocycles. The van der Waals surface area contributed by atoms with Crippen molar-refractivity contribution in [2.45, 2.75) is 12.7 Å². The third-order valence-electron chi connectivity index (χ3n) is 3.41. The average Bonchev–Trinajstić information content (AvgIpc) is 2.88. The number of carbonyl (C=O) groups is 1. The Labute approximate surface area is 120 Å². The molecule has 9 heteroatoms. The summed E-state index contributed by atoms with van der Waals surface area (Å²) in [5.74, 6) is -0.200. The number of amides is 1. The SMILES string of the molecule is NCCN1CCN(C(=O)Cn2cnc(C(F)(F)F)c2)CC1. The fourth-order valence-corrected chi connectivity index (χ4v) is 2.25. The zero-order valence-corrected chi connectivity index (χ0v) is 11.5. The van der Waals surface area contributed by atoms with E-state index in [1.807, 2.05) is 0 Å². The largest absolute Gasteiger partial charge is 0.434 e. The van der Waals surface area contributed by atoms with Crippen LogP contribution in [0.5, 0.6) is 0 Å². The number of alkyl halides is 3. The summed E-state index contributed by atoms with van der Waals surface area (Å²) >= 11 is 0. The molecule has 2 rings (SSSR count). The summed E-state index contributed by atoms with van der Waals surface area (Å²) in [6.07, 6.45) is -2.60. The van der Waals surface area contributed by atoms with Crippen LogP contribution < -0.4 is 5.73 Å². The standard InChI is InChI=1S/C12H18F3N5O/c13-12(14,15)10-7-19(9-17-10)8-11(21)20-5-3-18(2-1-16)4-6-20/h7,9H,1-6,8,16H2. The number of carbonyl (C=O) groups excluding carboxylic acids is 1. The number of halogens is 3. The van der Waals surface area contributed by atoms with Crippen LogP contribution in [0.2, 0.25) is 0 Å². The fourth-order valence-electron chi connectivity index (χ4n) is 2.25. The van der Waals surface area contributed by atoms with Gasteiger partial charge in [-0.25, -0.2) is 4.98 Å². The van der Waals surface area contributed by atoms with Gasteiger partial charge in [-0.15, -0.1) is 0 Å². The van der Waals surface area contributed by atoms with Crippen molar-refractivity contribution in [3.63, 3.8) is 0 Å². The van der Waals surface area contributed by atoms with Crippen LogP contribution in [0.15, 0.2) is 12.5 Å². The number of imidazole rings is 1. The molecule has 0 radical (unpaired) electrons. The minimum atomic E-state index is -4.48. The Hall–Kier alpha value is -1.61. The number of piperazine rings is 1. The molecule has 0 atom stereocenters. The number of hydrogen-bond acceptors (Lipinski definition) is 4. The molecular formula is C12H18F3N5O. The third-order valence-corrected chi connectivity index (χ3v) is 3.41. The van der Waals surface area contributed by atoms with E-state index < -0.39 is 11.9 Å². The zero-order chi connectivity index (χ0) is 15.5. The Morgan fingerprint density at radius 3 is 2.48 bits per heavy atom. The van der Waals surface area contributed by atoms with E-state index in [0.29, 0.717) is 19.6 Å². The van der Waals surface area contributed by atoms with Crippen molar-refractivity contribution in [2.24, 2.45) is 5.73 Å². The molecule has 0 aliphatic carbocycles. The average molecular weight is 305 g/mol. The van der Waals surface area contributed by atoms with E-state index in [2.05, 4.69) is 9.88 Å². The molecule has 21 heavy (non-hydrogen) atoms. The van der Waals surface area contributed by atoms with E-state index in [1.54, 1.807) is 4.90 Å². The fraction of sp³-hybridized carbons (Fsp3) is 0.667. The molecule has 0 bridgehead atoms. The summed E-state index contributed by atoms with van der Waals surface area (Å²) in [6, 6.07) is 0. The minimum Gasteiger partial charge on any atom is -0.339 e. The molecular weight excluding hydrogens is 287 g/mol. The first-order valence-electron chi connectivity index (χ1n) is 6.69. The number of nitrogens with zero attached hydrogens (tertiary/aromatic N) is 4. The summed E-state index contributed by atoms with van der Waals surface area (Å²) in [5, 5.41) is 0. The molecule has 6 nitrogen and oxygen atoms in total. The summed E-state index contributed by atoms with van der Waals surface area (Å²) in [7, 11) is 0. The Morgan fingerprint density at radius 2 is 1.95 bits per heavy atom. The highest BCUT2D eigenvalue weighted by molar-refractivity contribution is 5.76. The molecule has 118 valence electrons. The van der Waals surface area contributed by atoms with Crippen LogP contribution in [0.4, 0.5) is 13.2 Å². The van der Waals surface area contributed by atoms with Gasteiger partial charge in [-0.1, -0.05) is 0 Å². The van der Waals surface area contributed by atoms with Gasteiger partial charge >= 0.3 is 6.18 Å². The van der Waals surface area contributed by atoms with Gasteiger partial charge < -0.3 is 15.2 Å². The van der Waals surface area contributed by atoms with Crippen molar-refractivity contribution in [1.29, 1.82) is 0 Å². The summed E-state index contributed by atoms with van der Waals surface area (Å²) in [5.41, 5.74) is 4.49. The normalized spacial score (nSPS) is 17.2. The molecule has 1 fully saturated rings. The maximum atomic E-state index is 12.4. The van der Waals surface area contributed by atoms with Gasteiger partial charge in [0.05, 0.1) is 6.33 Å². The second-order valence-electron chi connectivity index (χ2n) is 4.94. The highest BCUT2D eigenvalue weighted by Crippen LogP contribution is 2.27. The molecule has 0 saturated carbocycles. The summed E-state index contributed by atoms with van der Waals surface area (Å²) < 4.78 is 38.4. The van der Waals surface area contributed by atoms with Crippen LogP contribution in [-0.2, 0) is 17.5 Å². The molecule has 1 amide bonds. The lowest BCUT2D eigenvalue weighted by Crippen LogP contribution is -2.50. The molecule has 0 unspecified atom stereocenters. The lowest BCUT2D eigenvalue weighted by molar-refractivity contribution is -0.141. The predicted molar refractivity (Wildman–Crippen MR) is 69.3 cm³/mol. The van der Waals surface area contributed by atoms with Gasteiger partial charge in [0, 0.05) is 45.5 Å². The Morgan fingerprint density at radius 1 is 1.29 bits per heavy atom. The van der Waals surface area contributed by atoms with Crippen LogP contribution in [-0.4, -0.2) is 64.5 Å². The lowest BCUT2D eigenvalue weighted by atomic mass is 10.3. The van der Waals surface area contributed by atoms with Gasteiger partial charge in [0.1, 0.15) is 6.54 Å². The Bertz CT molecular complexity index is 479. The minimum absolute atomic E-state index is 0.125. The summed E-state index contributed by atoms with van der Waals surface area (Å²) in [4.78, 5) is 19.1. The third kappa shape index (κ3) is 4.18. The molecule has 2 heterocycles. The topological polar surface area (TPSA) is 67.4 Å². The smallest absolute Gasteiger partial charge is 0.339 e. The van der Waals surface area contributed by atoms with Crippen molar-refractivity contribution in [1.82, 2.24) is 19.4 Å². The van der Waals surface area contributed by atoms with Crippen LogP contribution in [0.25, 0.3) is 0 Å². The molecule has 1 saturated heterocycles. The molecule has 1 aromatic rings. The molecule has 0 spiro atoms. The maximum absolute atomic E-state index is 12.4. The number of rotatable bonds is 4. The van der Waals surface area contributed by atoms with Crippen LogP contribution >= 0.6 is 0 Å².